The maximum absolute atomic E-state index is 13.2. The van der Waals surface area contributed by atoms with Gasteiger partial charge >= 0.3 is 0 Å². The molecule has 3 aromatic rings. The first kappa shape index (κ1) is 21.3. The molecule has 2 aromatic carbocycles. The van der Waals surface area contributed by atoms with E-state index in [1.54, 1.807) is 12.1 Å². The molecule has 2 heterocycles. The lowest BCUT2D eigenvalue weighted by atomic mass is 10.00. The van der Waals surface area contributed by atoms with Crippen molar-refractivity contribution in [1.82, 2.24) is 4.90 Å². The predicted molar refractivity (Wildman–Crippen MR) is 120 cm³/mol. The minimum Gasteiger partial charge on any atom is -0.493 e. The molecular formula is C24H25FN2O3S. The molecule has 5 nitrogen and oxygen atoms in total. The summed E-state index contributed by atoms with van der Waals surface area (Å²) in [6.45, 7) is 1.08. The molecule has 0 saturated carbocycles. The van der Waals surface area contributed by atoms with Crippen LogP contribution in [0.3, 0.4) is 0 Å². The zero-order valence-electron chi connectivity index (χ0n) is 17.2. The van der Waals surface area contributed by atoms with Crippen LogP contribution in [0.15, 0.2) is 48.5 Å². The van der Waals surface area contributed by atoms with Gasteiger partial charge in [0.15, 0.2) is 0 Å². The largest absolute Gasteiger partial charge is 0.493 e. The summed E-state index contributed by atoms with van der Waals surface area (Å²) in [5.41, 5.74) is 6.59. The van der Waals surface area contributed by atoms with E-state index in [2.05, 4.69) is 0 Å². The highest BCUT2D eigenvalue weighted by molar-refractivity contribution is 7.21. The molecule has 31 heavy (non-hydrogen) atoms. The highest BCUT2D eigenvalue weighted by Crippen LogP contribution is 2.34. The maximum atomic E-state index is 13.2. The second kappa shape index (κ2) is 9.47. The number of hydrogen-bond acceptors (Lipinski definition) is 4. The van der Waals surface area contributed by atoms with Crippen LogP contribution in [0.5, 0.6) is 5.75 Å². The van der Waals surface area contributed by atoms with E-state index in [0.717, 1.165) is 35.0 Å². The number of halogens is 1. The number of nitrogens with two attached hydrogens (primary N) is 1. The van der Waals surface area contributed by atoms with Gasteiger partial charge in [-0.3, -0.25) is 9.59 Å². The quantitative estimate of drug-likeness (QED) is 0.523. The lowest BCUT2D eigenvalue weighted by molar-refractivity contribution is -0.132. The van der Waals surface area contributed by atoms with Crippen molar-refractivity contribution < 1.29 is 18.7 Å². The van der Waals surface area contributed by atoms with Gasteiger partial charge in [-0.05, 0) is 54.8 Å². The van der Waals surface area contributed by atoms with E-state index in [0.29, 0.717) is 36.5 Å². The number of fused-ring (bicyclic) bond motifs is 1. The van der Waals surface area contributed by atoms with Gasteiger partial charge in [0, 0.05) is 29.8 Å². The third-order valence-corrected chi connectivity index (χ3v) is 6.89. The normalized spacial score (nSPS) is 16.0. The molecule has 0 spiro atoms. The Morgan fingerprint density at radius 3 is 2.84 bits per heavy atom. The van der Waals surface area contributed by atoms with Crippen molar-refractivity contribution >= 4 is 33.2 Å². The number of benzene rings is 2. The number of thiophene rings is 1. The number of amides is 2. The second-order valence-electron chi connectivity index (χ2n) is 7.77. The van der Waals surface area contributed by atoms with Gasteiger partial charge in [-0.15, -0.1) is 11.3 Å². The van der Waals surface area contributed by atoms with Crippen LogP contribution in [0.25, 0.3) is 10.1 Å². The number of likely N-dealkylation sites (tertiary alicyclic amines) is 1. The first-order chi connectivity index (χ1) is 15.0. The fourth-order valence-corrected chi connectivity index (χ4v) is 5.31. The molecule has 1 fully saturated rings. The van der Waals surface area contributed by atoms with Crippen LogP contribution in [0.4, 0.5) is 4.39 Å². The SMILES string of the molecule is NC(=O)c1sc2ccccc2c1C[C@H]1CCCN1C(=O)CCCOc1cccc(F)c1. The van der Waals surface area contributed by atoms with Gasteiger partial charge < -0.3 is 15.4 Å². The molecule has 162 valence electrons. The van der Waals surface area contributed by atoms with Gasteiger partial charge in [0.05, 0.1) is 11.5 Å². The van der Waals surface area contributed by atoms with Crippen LogP contribution < -0.4 is 10.5 Å². The number of hydrogen-bond donors (Lipinski definition) is 1. The Morgan fingerprint density at radius 2 is 2.03 bits per heavy atom. The Kier molecular flexibility index (Phi) is 6.51. The summed E-state index contributed by atoms with van der Waals surface area (Å²) in [6.07, 6.45) is 3.43. The lowest BCUT2D eigenvalue weighted by Crippen LogP contribution is -2.37. The van der Waals surface area contributed by atoms with Gasteiger partial charge in [-0.2, -0.15) is 0 Å². The van der Waals surface area contributed by atoms with Gasteiger partial charge in [0.25, 0.3) is 5.91 Å². The summed E-state index contributed by atoms with van der Waals surface area (Å²) in [5.74, 6) is -0.202. The Balaban J connectivity index is 1.38. The van der Waals surface area contributed by atoms with Gasteiger partial charge in [0.1, 0.15) is 11.6 Å². The highest BCUT2D eigenvalue weighted by atomic mass is 32.1. The molecule has 0 aliphatic carbocycles. The van der Waals surface area contributed by atoms with E-state index >= 15 is 0 Å². The Morgan fingerprint density at radius 1 is 1.19 bits per heavy atom. The molecule has 0 bridgehead atoms. The third kappa shape index (κ3) is 4.88. The average molecular weight is 441 g/mol. The fourth-order valence-electron chi connectivity index (χ4n) is 4.23. The van der Waals surface area contributed by atoms with E-state index in [1.165, 1.54) is 23.5 Å². The third-order valence-electron chi connectivity index (χ3n) is 5.66. The highest BCUT2D eigenvalue weighted by Gasteiger charge is 2.30. The predicted octanol–water partition coefficient (Wildman–Crippen LogP) is 4.53. The van der Waals surface area contributed by atoms with Crippen molar-refractivity contribution in [2.75, 3.05) is 13.2 Å². The number of carbonyl (C=O) groups is 2. The van der Waals surface area contributed by atoms with Crippen LogP contribution >= 0.6 is 11.3 Å². The molecule has 2 N–H and O–H groups in total. The molecule has 1 aliphatic heterocycles. The van der Waals surface area contributed by atoms with E-state index in [9.17, 15) is 14.0 Å². The number of nitrogens with zero attached hydrogens (tertiary/aromatic N) is 1. The maximum Gasteiger partial charge on any atom is 0.259 e. The molecule has 0 radical (unpaired) electrons. The zero-order chi connectivity index (χ0) is 21.8. The van der Waals surface area contributed by atoms with Crippen molar-refractivity contribution in [2.45, 2.75) is 38.1 Å². The van der Waals surface area contributed by atoms with Gasteiger partial charge in [-0.25, -0.2) is 4.39 Å². The average Bonchev–Trinajstić information content (AvgIpc) is 3.37. The van der Waals surface area contributed by atoms with Crippen LogP contribution in [0, 0.1) is 5.82 Å². The molecule has 1 atom stereocenters. The Bertz CT molecular complexity index is 1100. The van der Waals surface area contributed by atoms with Crippen LogP contribution in [0.1, 0.15) is 40.9 Å². The standard InChI is InChI=1S/C24H25FN2O3S/c25-16-6-3-8-18(14-16)30-13-5-11-22(28)27-12-4-7-17(27)15-20-19-9-1-2-10-21(19)31-23(20)24(26)29/h1-3,6,8-10,14,17H,4-5,7,11-13,15H2,(H2,26,29)/t17-/m1/s1. The molecule has 2 amide bonds. The summed E-state index contributed by atoms with van der Waals surface area (Å²) < 4.78 is 19.8. The van der Waals surface area contributed by atoms with Crippen molar-refractivity contribution in [2.24, 2.45) is 5.73 Å². The van der Waals surface area contributed by atoms with Gasteiger partial charge in [-0.1, -0.05) is 24.3 Å². The van der Waals surface area contributed by atoms with Crippen LogP contribution in [-0.2, 0) is 11.2 Å². The Hall–Kier alpha value is -2.93. The summed E-state index contributed by atoms with van der Waals surface area (Å²) in [5, 5.41) is 1.05. The fraction of sp³-hybridized carbons (Fsp3) is 0.333. The summed E-state index contributed by atoms with van der Waals surface area (Å²) in [6, 6.07) is 14.0. The summed E-state index contributed by atoms with van der Waals surface area (Å²) in [4.78, 5) is 27.4. The summed E-state index contributed by atoms with van der Waals surface area (Å²) >= 11 is 1.42. The monoisotopic (exact) mass is 440 g/mol. The summed E-state index contributed by atoms with van der Waals surface area (Å²) in [7, 11) is 0. The topological polar surface area (TPSA) is 72.6 Å². The van der Waals surface area contributed by atoms with Crippen molar-refractivity contribution in [3.05, 3.63) is 64.8 Å². The van der Waals surface area contributed by atoms with Crippen LogP contribution in [-0.4, -0.2) is 35.9 Å². The number of carbonyl (C=O) groups excluding carboxylic acids is 2. The van der Waals surface area contributed by atoms with E-state index in [1.807, 2.05) is 29.2 Å². The van der Waals surface area contributed by atoms with E-state index in [4.69, 9.17) is 10.5 Å². The Labute approximate surface area is 184 Å². The number of primary amides is 1. The second-order valence-corrected chi connectivity index (χ2v) is 8.82. The molecule has 1 saturated heterocycles. The van der Waals surface area contributed by atoms with E-state index < -0.39 is 5.91 Å². The zero-order valence-corrected chi connectivity index (χ0v) is 18.0. The van der Waals surface area contributed by atoms with Crippen molar-refractivity contribution in [3.63, 3.8) is 0 Å². The smallest absolute Gasteiger partial charge is 0.259 e. The number of rotatable bonds is 8. The minimum atomic E-state index is -0.415. The molecule has 1 aromatic heterocycles. The van der Waals surface area contributed by atoms with Crippen molar-refractivity contribution in [1.29, 1.82) is 0 Å². The van der Waals surface area contributed by atoms with Crippen molar-refractivity contribution in [3.8, 4) is 5.75 Å². The number of ether oxygens (including phenoxy) is 1. The molecular weight excluding hydrogens is 415 g/mol. The molecule has 4 rings (SSSR count). The first-order valence-electron chi connectivity index (χ1n) is 10.5. The molecule has 7 heteroatoms. The lowest BCUT2D eigenvalue weighted by Gasteiger charge is -2.25. The molecule has 1 aliphatic rings. The van der Waals surface area contributed by atoms with E-state index in [-0.39, 0.29) is 17.8 Å². The molecule has 0 unspecified atom stereocenters. The minimum absolute atomic E-state index is 0.0627. The van der Waals surface area contributed by atoms with Gasteiger partial charge in [0.2, 0.25) is 5.91 Å². The van der Waals surface area contributed by atoms with Crippen LogP contribution in [0.2, 0.25) is 0 Å². The first-order valence-corrected chi connectivity index (χ1v) is 11.3.